The van der Waals surface area contributed by atoms with Crippen molar-refractivity contribution in [2.45, 2.75) is 37.0 Å². The molecule has 1 saturated carbocycles. The molecule has 14 nitrogen and oxygen atoms in total. The van der Waals surface area contributed by atoms with E-state index in [1.165, 1.54) is 50.3 Å². The first-order valence-electron chi connectivity index (χ1n) is 17.3. The lowest BCUT2D eigenvalue weighted by Gasteiger charge is -2.53. The number of hydrazone groups is 1. The number of phenolic OH excluding ortho intramolecular Hbond substituents is 2. The van der Waals surface area contributed by atoms with Gasteiger partial charge in [-0.15, -0.1) is 0 Å². The Bertz CT molecular complexity index is 2330. The molecule has 2 amide bonds. The molecule has 4 aromatic carbocycles. The fraction of sp³-hybridized carbons (Fsp3) is 0.244. The number of amides is 2. The number of nitrogens with one attached hydrogen (secondary N) is 1. The number of hydrogen-bond donors (Lipinski definition) is 8. The van der Waals surface area contributed by atoms with Crippen LogP contribution in [0.4, 0.5) is 0 Å². The lowest BCUT2D eigenvalue weighted by Crippen LogP contribution is -2.67. The maximum atomic E-state index is 13.7. The number of Topliss-reactive ketones (excluding diaryl/α,β-unsaturated/α-hetero) is 2. The van der Waals surface area contributed by atoms with E-state index in [1.807, 2.05) is 60.7 Å². The number of fused-ring (bicyclic) bond motifs is 4. The van der Waals surface area contributed by atoms with Gasteiger partial charge in [0.25, 0.3) is 5.91 Å². The van der Waals surface area contributed by atoms with Crippen LogP contribution in [0.25, 0.3) is 16.5 Å². The number of aromatic hydroxyl groups is 2. The Morgan fingerprint density at radius 2 is 1.58 bits per heavy atom. The van der Waals surface area contributed by atoms with Crippen molar-refractivity contribution in [1.29, 1.82) is 0 Å². The molecule has 0 aliphatic heterocycles. The molecule has 4 aromatic rings. The first kappa shape index (κ1) is 38.4. The van der Waals surface area contributed by atoms with E-state index in [-0.39, 0.29) is 35.6 Å². The average Bonchev–Trinajstić information content (AvgIpc) is 3.13. The van der Waals surface area contributed by atoms with Crippen molar-refractivity contribution in [2.24, 2.45) is 22.7 Å². The molecule has 0 unspecified atom stereocenters. The van der Waals surface area contributed by atoms with Crippen LogP contribution in [0.5, 0.6) is 11.5 Å². The Hall–Kier alpha value is -6.35. The monoisotopic (exact) mass is 748 g/mol. The van der Waals surface area contributed by atoms with Crippen LogP contribution in [0.15, 0.2) is 107 Å². The third-order valence-electron chi connectivity index (χ3n) is 10.6. The Kier molecular flexibility index (Phi) is 10.1. The van der Waals surface area contributed by atoms with E-state index in [0.29, 0.717) is 5.56 Å². The van der Waals surface area contributed by atoms with E-state index < -0.39 is 75.0 Å². The first-order valence-corrected chi connectivity index (χ1v) is 17.3. The maximum Gasteiger partial charge on any atom is 0.255 e. The molecule has 284 valence electrons. The summed E-state index contributed by atoms with van der Waals surface area (Å²) in [5.41, 5.74) is 3.45. The summed E-state index contributed by atoms with van der Waals surface area (Å²) in [5.74, 6) is -7.97. The SMILES string of the molecule is CN(C)[C@@H]1C(=O)C(C(N)=O)=C(O)[C@@]2(O)C(=O)C3=C(O)c4c(O)cccc4[C@@](C)(O)[C@H]3C[C@@H]12.O=C(Cc1ccccc1)N/N=C/c1c(O)ccc2ccccc12. The number of aliphatic hydroxyl groups excluding tert-OH is 2. The van der Waals surface area contributed by atoms with Crippen molar-refractivity contribution in [2.75, 3.05) is 14.1 Å². The number of phenols is 2. The van der Waals surface area contributed by atoms with Crippen LogP contribution in [0.2, 0.25) is 0 Å². The van der Waals surface area contributed by atoms with Crippen molar-refractivity contribution in [3.63, 3.8) is 0 Å². The van der Waals surface area contributed by atoms with E-state index in [9.17, 15) is 49.8 Å². The van der Waals surface area contributed by atoms with Gasteiger partial charge in [0.1, 0.15) is 28.6 Å². The van der Waals surface area contributed by atoms with Crippen LogP contribution in [-0.4, -0.2) is 90.9 Å². The maximum absolute atomic E-state index is 13.7. The summed E-state index contributed by atoms with van der Waals surface area (Å²) in [5, 5.41) is 70.7. The molecular formula is C41H40N4O10. The van der Waals surface area contributed by atoms with Gasteiger partial charge in [0.15, 0.2) is 11.4 Å². The van der Waals surface area contributed by atoms with Gasteiger partial charge in [-0.25, -0.2) is 5.43 Å². The minimum absolute atomic E-state index is 0.129. The normalized spacial score (nSPS) is 24.6. The quantitative estimate of drug-likeness (QED) is 0.0810. The summed E-state index contributed by atoms with van der Waals surface area (Å²) in [6.07, 6.45) is 1.54. The lowest BCUT2D eigenvalue weighted by molar-refractivity contribution is -0.159. The van der Waals surface area contributed by atoms with Gasteiger partial charge in [-0.3, -0.25) is 24.1 Å². The third-order valence-corrected chi connectivity index (χ3v) is 10.6. The van der Waals surface area contributed by atoms with Crippen molar-refractivity contribution in [3.8, 4) is 11.5 Å². The molecule has 7 rings (SSSR count). The molecule has 0 aromatic heterocycles. The highest BCUT2D eigenvalue weighted by Gasteiger charge is 2.66. The van der Waals surface area contributed by atoms with Crippen molar-refractivity contribution < 1.29 is 49.8 Å². The van der Waals surface area contributed by atoms with Crippen LogP contribution < -0.4 is 11.2 Å². The van der Waals surface area contributed by atoms with E-state index in [4.69, 9.17) is 5.73 Å². The van der Waals surface area contributed by atoms with E-state index in [1.54, 1.807) is 6.07 Å². The topological polar surface area (TPSA) is 243 Å². The summed E-state index contributed by atoms with van der Waals surface area (Å²) in [6.45, 7) is 1.40. The molecule has 9 N–H and O–H groups in total. The number of primary amides is 1. The number of aliphatic hydroxyl groups is 4. The number of nitrogens with zero attached hydrogens (tertiary/aromatic N) is 2. The number of carbonyl (C=O) groups is 4. The summed E-state index contributed by atoms with van der Waals surface area (Å²) in [6, 6.07) is 23.6. The Morgan fingerprint density at radius 1 is 0.909 bits per heavy atom. The smallest absolute Gasteiger partial charge is 0.255 e. The standard InChI is InChI=1S/C22H24N2O8.C19H16N2O2/c1-21(31)8-5-4-6-11(25)12(8)16(26)13-9(21)7-10-15(24(2)3)17(27)14(20(23)30)19(29)22(10,32)18(13)28;22-18-11-10-15-8-4-5-9-16(15)17(18)13-20-21-19(23)12-14-6-2-1-3-7-14/h4-6,9-10,15,25-26,29,31-32H,7H2,1-3H3,(H2,23,30);1-11,13,22H,12H2,(H,21,23)/b;20-13+/t9-,10-,15-,21+,22-;/m0./s1. The molecule has 0 bridgehead atoms. The lowest BCUT2D eigenvalue weighted by atomic mass is 9.54. The number of ketones is 2. The van der Waals surface area contributed by atoms with E-state index >= 15 is 0 Å². The van der Waals surface area contributed by atoms with Gasteiger partial charge in [0, 0.05) is 23.0 Å². The minimum atomic E-state index is -2.75. The van der Waals surface area contributed by atoms with Crippen LogP contribution >= 0.6 is 0 Å². The average molecular weight is 749 g/mol. The van der Waals surface area contributed by atoms with Gasteiger partial charge in [0.05, 0.1) is 29.8 Å². The molecule has 1 fully saturated rings. The van der Waals surface area contributed by atoms with Gasteiger partial charge in [-0.05, 0) is 61.5 Å². The van der Waals surface area contributed by atoms with Crippen LogP contribution in [-0.2, 0) is 31.2 Å². The van der Waals surface area contributed by atoms with Crippen LogP contribution in [0, 0.1) is 11.8 Å². The number of likely N-dealkylation sites (N-methyl/N-ethyl adjacent to an activating group) is 1. The molecule has 5 atom stereocenters. The molecule has 3 aliphatic rings. The molecular weight excluding hydrogens is 708 g/mol. The van der Waals surface area contributed by atoms with Gasteiger partial charge in [-0.1, -0.05) is 72.8 Å². The second kappa shape index (κ2) is 14.5. The second-order valence-corrected chi connectivity index (χ2v) is 14.1. The fourth-order valence-corrected chi connectivity index (χ4v) is 7.91. The molecule has 0 saturated heterocycles. The van der Waals surface area contributed by atoms with Crippen molar-refractivity contribution in [3.05, 3.63) is 124 Å². The molecule has 0 spiro atoms. The Balaban J connectivity index is 0.000000197. The summed E-state index contributed by atoms with van der Waals surface area (Å²) in [4.78, 5) is 51.9. The highest BCUT2D eigenvalue weighted by molar-refractivity contribution is 6.24. The number of nitrogens with two attached hydrogens (primary N) is 1. The number of benzene rings is 4. The van der Waals surface area contributed by atoms with Crippen molar-refractivity contribution >= 4 is 46.1 Å². The molecule has 0 radical (unpaired) electrons. The van der Waals surface area contributed by atoms with Gasteiger partial charge in [0.2, 0.25) is 11.7 Å². The third kappa shape index (κ3) is 6.49. The molecule has 0 heterocycles. The number of hydrogen-bond acceptors (Lipinski definition) is 12. The molecule has 14 heteroatoms. The zero-order valence-electron chi connectivity index (χ0n) is 30.1. The highest BCUT2D eigenvalue weighted by atomic mass is 16.3. The zero-order chi connectivity index (χ0) is 40.0. The fourth-order valence-electron chi connectivity index (χ4n) is 7.91. The van der Waals surface area contributed by atoms with Gasteiger partial charge >= 0.3 is 0 Å². The van der Waals surface area contributed by atoms with E-state index in [0.717, 1.165) is 16.3 Å². The van der Waals surface area contributed by atoms with Crippen LogP contribution in [0.3, 0.4) is 0 Å². The van der Waals surface area contributed by atoms with Gasteiger partial charge in [-0.2, -0.15) is 5.10 Å². The summed E-state index contributed by atoms with van der Waals surface area (Å²) >= 11 is 0. The van der Waals surface area contributed by atoms with Crippen LogP contribution in [0.1, 0.15) is 35.6 Å². The Morgan fingerprint density at radius 3 is 2.25 bits per heavy atom. The first-order chi connectivity index (χ1) is 26.0. The predicted molar refractivity (Wildman–Crippen MR) is 202 cm³/mol. The predicted octanol–water partition coefficient (Wildman–Crippen LogP) is 2.87. The second-order valence-electron chi connectivity index (χ2n) is 14.1. The summed E-state index contributed by atoms with van der Waals surface area (Å²) in [7, 11) is 3.01. The summed E-state index contributed by atoms with van der Waals surface area (Å²) < 4.78 is 0. The minimum Gasteiger partial charge on any atom is -0.508 e. The number of rotatable bonds is 6. The zero-order valence-corrected chi connectivity index (χ0v) is 30.1. The molecule has 3 aliphatic carbocycles. The number of carbonyl (C=O) groups excluding carboxylic acids is 4. The molecule has 55 heavy (non-hydrogen) atoms. The van der Waals surface area contributed by atoms with Gasteiger partial charge < -0.3 is 36.4 Å². The van der Waals surface area contributed by atoms with E-state index in [2.05, 4.69) is 10.5 Å². The van der Waals surface area contributed by atoms with Crippen molar-refractivity contribution in [1.82, 2.24) is 10.3 Å². The largest absolute Gasteiger partial charge is 0.508 e. The highest BCUT2D eigenvalue weighted by Crippen LogP contribution is 2.57. The Labute approximate surface area is 315 Å².